The van der Waals surface area contributed by atoms with E-state index in [1.807, 2.05) is 0 Å². The Hall–Kier alpha value is -6.38. The van der Waals surface area contributed by atoms with Crippen LogP contribution in [-0.4, -0.2) is 0 Å². The van der Waals surface area contributed by atoms with Gasteiger partial charge in [0, 0.05) is 34.1 Å². The Morgan fingerprint density at radius 1 is 0.250 bits per heavy atom. The van der Waals surface area contributed by atoms with Gasteiger partial charge in [0.1, 0.15) is 0 Å². The van der Waals surface area contributed by atoms with Gasteiger partial charge < -0.3 is 9.80 Å². The molecule has 7 rings (SSSR count). The van der Waals surface area contributed by atoms with E-state index in [0.29, 0.717) is 0 Å². The lowest BCUT2D eigenvalue weighted by Crippen LogP contribution is -2.16. The van der Waals surface area contributed by atoms with E-state index in [4.69, 9.17) is 0 Å². The van der Waals surface area contributed by atoms with Gasteiger partial charge in [0.25, 0.3) is 0 Å². The molecule has 0 atom stereocenters. The fraction of sp³-hybridized carbons (Fsp3) is 0.258. The zero-order valence-electron chi connectivity index (χ0n) is 40.4. The molecule has 0 saturated heterocycles. The predicted molar refractivity (Wildman–Crippen MR) is 281 cm³/mol. The highest BCUT2D eigenvalue weighted by Gasteiger charge is 2.22. The monoisotopic (exact) mass is 841 g/mol. The Bertz CT molecular complexity index is 2410. The number of nitrogens with zero attached hydrogens (tertiary/aromatic N) is 2. The van der Waals surface area contributed by atoms with Crippen LogP contribution in [0.5, 0.6) is 0 Å². The van der Waals surface area contributed by atoms with Crippen molar-refractivity contribution in [3.63, 3.8) is 0 Å². The van der Waals surface area contributed by atoms with Gasteiger partial charge in [-0.3, -0.25) is 0 Å². The summed E-state index contributed by atoms with van der Waals surface area (Å²) in [5.74, 6) is 0. The van der Waals surface area contributed by atoms with Crippen LogP contribution >= 0.6 is 0 Å². The average Bonchev–Trinajstić information content (AvgIpc) is 3.26. The molecule has 7 aromatic rings. The first-order valence-corrected chi connectivity index (χ1v) is 22.9. The van der Waals surface area contributed by atoms with Gasteiger partial charge in [-0.2, -0.15) is 0 Å². The first-order chi connectivity index (χ1) is 30.2. The highest BCUT2D eigenvalue weighted by atomic mass is 15.1. The maximum atomic E-state index is 2.38. The number of anilines is 6. The number of hydrogen-bond donors (Lipinski definition) is 0. The summed E-state index contributed by atoms with van der Waals surface area (Å²) in [6, 6.07) is 62.5. The van der Waals surface area contributed by atoms with Crippen LogP contribution < -0.4 is 9.80 Å². The SMILES string of the molecule is CC(C)(C)c1cccc(N(c2ccc(/C=C/c3ccc(/C=C/c4ccc(N(c5cccc(C(C)(C)C)c5)c5cccc(C(C)(C)C)c5)cc4)cc3)cc2)c2cccc(C(C)(C)C)c2)c1. The molecule has 0 amide bonds. The standard InChI is InChI=1S/C62H68N2/c1-59(2,3)49-17-13-21-55(41-49)63(56-22-14-18-50(42-56)60(4,5)6)53-37-33-47(34-38-53)31-29-45-25-27-46(28-26-45)30-32-48-35-39-54(40-36-48)64(57-23-15-19-51(43-57)61(7,8)9)58-24-16-20-52(44-58)62(10,11)12/h13-44H,1-12H3/b31-29+,32-30+. The minimum atomic E-state index is 0.0497. The van der Waals surface area contributed by atoms with E-state index in [1.54, 1.807) is 0 Å². The highest BCUT2D eigenvalue weighted by molar-refractivity contribution is 5.81. The molecule has 2 nitrogen and oxygen atoms in total. The van der Waals surface area contributed by atoms with E-state index in [9.17, 15) is 0 Å². The third-order valence-electron chi connectivity index (χ3n) is 12.1. The van der Waals surface area contributed by atoms with Gasteiger partial charge in [-0.1, -0.05) is 204 Å². The summed E-state index contributed by atoms with van der Waals surface area (Å²) in [7, 11) is 0. The molecule has 0 saturated carbocycles. The molecule has 2 heteroatoms. The van der Waals surface area contributed by atoms with Crippen molar-refractivity contribution in [3.05, 3.63) is 214 Å². The van der Waals surface area contributed by atoms with Gasteiger partial charge in [-0.05, 0) is 139 Å². The second-order valence-electron chi connectivity index (χ2n) is 21.4. The molecule has 0 aliphatic heterocycles. The van der Waals surface area contributed by atoms with E-state index in [1.165, 1.54) is 22.3 Å². The average molecular weight is 841 g/mol. The molecule has 64 heavy (non-hydrogen) atoms. The number of benzene rings is 7. The summed E-state index contributed by atoms with van der Waals surface area (Å²) in [6.07, 6.45) is 8.78. The molecule has 0 spiro atoms. The lowest BCUT2D eigenvalue weighted by molar-refractivity contribution is 0.589. The van der Waals surface area contributed by atoms with Crippen molar-refractivity contribution in [1.82, 2.24) is 0 Å². The van der Waals surface area contributed by atoms with Gasteiger partial charge in [-0.25, -0.2) is 0 Å². The molecule has 0 fully saturated rings. The molecule has 0 aromatic heterocycles. The van der Waals surface area contributed by atoms with E-state index < -0.39 is 0 Å². The Kier molecular flexibility index (Phi) is 13.1. The van der Waals surface area contributed by atoms with Crippen LogP contribution in [-0.2, 0) is 21.7 Å². The Labute approximate surface area is 385 Å². The first kappa shape index (κ1) is 45.6. The molecule has 0 aliphatic carbocycles. The van der Waals surface area contributed by atoms with Crippen LogP contribution in [0.3, 0.4) is 0 Å². The van der Waals surface area contributed by atoms with Gasteiger partial charge in [0.15, 0.2) is 0 Å². The van der Waals surface area contributed by atoms with Crippen LogP contribution in [0.25, 0.3) is 24.3 Å². The molecular weight excluding hydrogens is 773 g/mol. The molecule has 0 heterocycles. The lowest BCUT2D eigenvalue weighted by atomic mass is 9.86. The summed E-state index contributed by atoms with van der Waals surface area (Å²) in [6.45, 7) is 27.3. The van der Waals surface area contributed by atoms with Crippen molar-refractivity contribution in [2.45, 2.75) is 105 Å². The van der Waals surface area contributed by atoms with Gasteiger partial charge in [-0.15, -0.1) is 0 Å². The number of rotatable bonds is 10. The molecule has 0 radical (unpaired) electrons. The maximum Gasteiger partial charge on any atom is 0.0464 e. The molecular formula is C62H68N2. The molecule has 7 aromatic carbocycles. The molecule has 0 aliphatic rings. The van der Waals surface area contributed by atoms with Crippen molar-refractivity contribution in [2.24, 2.45) is 0 Å². The Morgan fingerprint density at radius 2 is 0.453 bits per heavy atom. The van der Waals surface area contributed by atoms with E-state index in [0.717, 1.165) is 56.4 Å². The van der Waals surface area contributed by atoms with E-state index in [2.05, 4.69) is 287 Å². The summed E-state index contributed by atoms with van der Waals surface area (Å²) in [5, 5.41) is 0. The first-order valence-electron chi connectivity index (χ1n) is 22.9. The third-order valence-corrected chi connectivity index (χ3v) is 12.1. The zero-order valence-corrected chi connectivity index (χ0v) is 40.4. The van der Waals surface area contributed by atoms with Crippen LogP contribution in [0.1, 0.15) is 128 Å². The topological polar surface area (TPSA) is 6.48 Å². The zero-order chi connectivity index (χ0) is 45.9. The lowest BCUT2D eigenvalue weighted by Gasteiger charge is -2.29. The normalized spacial score (nSPS) is 12.6. The van der Waals surface area contributed by atoms with Crippen molar-refractivity contribution in [2.75, 3.05) is 9.80 Å². The smallest absolute Gasteiger partial charge is 0.0464 e. The van der Waals surface area contributed by atoms with E-state index in [-0.39, 0.29) is 21.7 Å². The predicted octanol–water partition coefficient (Wildman–Crippen LogP) is 18.2. The summed E-state index contributed by atoms with van der Waals surface area (Å²) in [5.41, 5.74) is 17.0. The molecule has 0 N–H and O–H groups in total. The summed E-state index contributed by atoms with van der Waals surface area (Å²) in [4.78, 5) is 4.76. The second kappa shape index (κ2) is 18.4. The fourth-order valence-corrected chi connectivity index (χ4v) is 7.91. The van der Waals surface area contributed by atoms with Gasteiger partial charge >= 0.3 is 0 Å². The van der Waals surface area contributed by atoms with E-state index >= 15 is 0 Å². The van der Waals surface area contributed by atoms with Crippen molar-refractivity contribution in [3.8, 4) is 0 Å². The highest BCUT2D eigenvalue weighted by Crippen LogP contribution is 2.40. The van der Waals surface area contributed by atoms with Crippen LogP contribution in [0.2, 0.25) is 0 Å². The number of hydrogen-bond acceptors (Lipinski definition) is 2. The van der Waals surface area contributed by atoms with Crippen molar-refractivity contribution in [1.29, 1.82) is 0 Å². The van der Waals surface area contributed by atoms with Crippen LogP contribution in [0.4, 0.5) is 34.1 Å². The molecule has 326 valence electrons. The minimum absolute atomic E-state index is 0.0497. The summed E-state index contributed by atoms with van der Waals surface area (Å²) >= 11 is 0. The Morgan fingerprint density at radius 3 is 0.656 bits per heavy atom. The Balaban J connectivity index is 1.07. The van der Waals surface area contributed by atoms with Crippen LogP contribution in [0.15, 0.2) is 170 Å². The third kappa shape index (κ3) is 11.2. The summed E-state index contributed by atoms with van der Waals surface area (Å²) < 4.78 is 0. The quantitative estimate of drug-likeness (QED) is 0.127. The van der Waals surface area contributed by atoms with Crippen molar-refractivity contribution < 1.29 is 0 Å². The molecule has 0 bridgehead atoms. The molecule has 0 unspecified atom stereocenters. The fourth-order valence-electron chi connectivity index (χ4n) is 7.91. The minimum Gasteiger partial charge on any atom is -0.310 e. The van der Waals surface area contributed by atoms with Gasteiger partial charge in [0.05, 0.1) is 0 Å². The largest absolute Gasteiger partial charge is 0.310 e. The second-order valence-corrected chi connectivity index (χ2v) is 21.4. The van der Waals surface area contributed by atoms with Gasteiger partial charge in [0.2, 0.25) is 0 Å². The van der Waals surface area contributed by atoms with Crippen molar-refractivity contribution >= 4 is 58.4 Å². The maximum absolute atomic E-state index is 2.38. The van der Waals surface area contributed by atoms with Crippen LogP contribution in [0, 0.1) is 0 Å².